The highest BCUT2D eigenvalue weighted by molar-refractivity contribution is 7.89. The Balaban J connectivity index is 2.24. The van der Waals surface area contributed by atoms with Crippen molar-refractivity contribution in [3.63, 3.8) is 0 Å². The molecule has 1 aliphatic carbocycles. The van der Waals surface area contributed by atoms with E-state index in [1.165, 1.54) is 26.2 Å². The molecule has 1 aromatic carbocycles. The molecule has 3 amide bonds. The zero-order valence-electron chi connectivity index (χ0n) is 17.1. The van der Waals surface area contributed by atoms with Crippen LogP contribution in [0.25, 0.3) is 0 Å². The SMILES string of the molecule is COc1ccc(C(=O)OC(C)C(=O)NC(N)=O)cc1S(=O)(=O)NC1CCCCC1C. The van der Waals surface area contributed by atoms with Gasteiger partial charge in [0.05, 0.1) is 12.7 Å². The van der Waals surface area contributed by atoms with E-state index in [0.717, 1.165) is 31.7 Å². The van der Waals surface area contributed by atoms with Crippen LogP contribution in [0.1, 0.15) is 49.9 Å². The molecule has 0 heterocycles. The number of nitrogens with one attached hydrogen (secondary N) is 2. The van der Waals surface area contributed by atoms with E-state index in [1.807, 2.05) is 6.92 Å². The third-order valence-corrected chi connectivity index (χ3v) is 6.52. The summed E-state index contributed by atoms with van der Waals surface area (Å²) in [5.41, 5.74) is 4.77. The predicted octanol–water partition coefficient (Wildman–Crippen LogP) is 1.29. The minimum atomic E-state index is -3.98. The lowest BCUT2D eigenvalue weighted by Crippen LogP contribution is -2.42. The number of esters is 1. The molecule has 166 valence electrons. The number of amides is 3. The molecule has 4 N–H and O–H groups in total. The summed E-state index contributed by atoms with van der Waals surface area (Å²) in [5, 5.41) is 1.80. The van der Waals surface area contributed by atoms with Gasteiger partial charge in [0.1, 0.15) is 10.6 Å². The first-order chi connectivity index (χ1) is 14.0. The molecule has 0 aliphatic heterocycles. The second-order valence-electron chi connectivity index (χ2n) is 7.26. The summed E-state index contributed by atoms with van der Waals surface area (Å²) in [6.07, 6.45) is 2.35. The van der Waals surface area contributed by atoms with Crippen LogP contribution in [0.15, 0.2) is 23.1 Å². The summed E-state index contributed by atoms with van der Waals surface area (Å²) >= 11 is 0. The monoisotopic (exact) mass is 441 g/mol. The van der Waals surface area contributed by atoms with E-state index < -0.39 is 34.0 Å². The van der Waals surface area contributed by atoms with Crippen LogP contribution in [0.3, 0.4) is 0 Å². The van der Waals surface area contributed by atoms with Crippen molar-refractivity contribution in [1.82, 2.24) is 10.0 Å². The van der Waals surface area contributed by atoms with Crippen molar-refractivity contribution >= 4 is 27.9 Å². The molecule has 0 bridgehead atoms. The molecule has 1 aliphatic rings. The van der Waals surface area contributed by atoms with E-state index in [2.05, 4.69) is 4.72 Å². The van der Waals surface area contributed by atoms with Crippen LogP contribution < -0.4 is 20.5 Å². The third kappa shape index (κ3) is 5.92. The number of urea groups is 1. The van der Waals surface area contributed by atoms with Crippen LogP contribution >= 0.6 is 0 Å². The van der Waals surface area contributed by atoms with Gasteiger partial charge in [0.15, 0.2) is 6.10 Å². The summed E-state index contributed by atoms with van der Waals surface area (Å²) in [6, 6.07) is 2.51. The number of sulfonamides is 1. The number of rotatable bonds is 7. The van der Waals surface area contributed by atoms with Gasteiger partial charge in [-0.25, -0.2) is 22.7 Å². The number of carbonyl (C=O) groups excluding carboxylic acids is 3. The van der Waals surface area contributed by atoms with E-state index in [-0.39, 0.29) is 28.2 Å². The fourth-order valence-electron chi connectivity index (χ4n) is 3.27. The highest BCUT2D eigenvalue weighted by atomic mass is 32.2. The molecule has 3 atom stereocenters. The molecule has 1 saturated carbocycles. The second kappa shape index (κ2) is 9.90. The lowest BCUT2D eigenvalue weighted by molar-refractivity contribution is -0.127. The zero-order valence-corrected chi connectivity index (χ0v) is 18.0. The molecule has 10 nitrogen and oxygen atoms in total. The number of hydrogen-bond donors (Lipinski definition) is 3. The van der Waals surface area contributed by atoms with E-state index in [1.54, 1.807) is 5.32 Å². The van der Waals surface area contributed by atoms with Gasteiger partial charge >= 0.3 is 12.0 Å². The molecule has 1 fully saturated rings. The molecular formula is C19H27N3O7S. The zero-order chi connectivity index (χ0) is 22.5. The van der Waals surface area contributed by atoms with Gasteiger partial charge in [-0.15, -0.1) is 0 Å². The standard InChI is InChI=1S/C19H27N3O7S/c1-11-6-4-5-7-14(11)22-30(26,27)16-10-13(8-9-15(16)28-3)18(24)29-12(2)17(23)21-19(20)25/h8-12,14,22H,4-7H2,1-3H3,(H3,20,21,23,25). The van der Waals surface area contributed by atoms with Crippen LogP contribution in [0.2, 0.25) is 0 Å². The Morgan fingerprint density at radius 1 is 1.20 bits per heavy atom. The fraction of sp³-hybridized carbons (Fsp3) is 0.526. The molecule has 3 unspecified atom stereocenters. The number of hydrogen-bond acceptors (Lipinski definition) is 7. The van der Waals surface area contributed by atoms with Crippen LogP contribution in [0.4, 0.5) is 4.79 Å². The highest BCUT2D eigenvalue weighted by Crippen LogP contribution is 2.29. The third-order valence-electron chi connectivity index (χ3n) is 5.01. The van der Waals surface area contributed by atoms with Crippen LogP contribution in [0.5, 0.6) is 5.75 Å². The largest absolute Gasteiger partial charge is 0.495 e. The molecule has 0 radical (unpaired) electrons. The van der Waals surface area contributed by atoms with Gasteiger partial charge < -0.3 is 15.2 Å². The average molecular weight is 442 g/mol. The van der Waals surface area contributed by atoms with Crippen molar-refractivity contribution in [3.05, 3.63) is 23.8 Å². The topological polar surface area (TPSA) is 154 Å². The molecule has 0 spiro atoms. The number of ether oxygens (including phenoxy) is 2. The second-order valence-corrected chi connectivity index (χ2v) is 8.94. The number of imide groups is 1. The number of primary amides is 1. The first kappa shape index (κ1) is 23.6. The number of carbonyl (C=O) groups is 3. The molecule has 1 aromatic rings. The number of methoxy groups -OCH3 is 1. The van der Waals surface area contributed by atoms with E-state index in [9.17, 15) is 22.8 Å². The first-order valence-electron chi connectivity index (χ1n) is 9.56. The summed E-state index contributed by atoms with van der Waals surface area (Å²) in [6.45, 7) is 3.25. The van der Waals surface area contributed by atoms with E-state index >= 15 is 0 Å². The molecule has 11 heteroatoms. The van der Waals surface area contributed by atoms with E-state index in [4.69, 9.17) is 15.2 Å². The highest BCUT2D eigenvalue weighted by Gasteiger charge is 2.30. The van der Waals surface area contributed by atoms with Gasteiger partial charge in [-0.05, 0) is 43.9 Å². The van der Waals surface area contributed by atoms with Crippen molar-refractivity contribution < 1.29 is 32.3 Å². The van der Waals surface area contributed by atoms with Crippen molar-refractivity contribution in [2.45, 2.75) is 56.6 Å². The van der Waals surface area contributed by atoms with Gasteiger partial charge in [-0.1, -0.05) is 19.8 Å². The van der Waals surface area contributed by atoms with Gasteiger partial charge in [-0.3, -0.25) is 10.1 Å². The maximum absolute atomic E-state index is 13.0. The minimum Gasteiger partial charge on any atom is -0.495 e. The van der Waals surface area contributed by atoms with Gasteiger partial charge in [0, 0.05) is 6.04 Å². The Labute approximate surface area is 175 Å². The lowest BCUT2D eigenvalue weighted by atomic mass is 9.87. The van der Waals surface area contributed by atoms with E-state index in [0.29, 0.717) is 0 Å². The fourth-order valence-corrected chi connectivity index (χ4v) is 4.85. The summed E-state index contributed by atoms with van der Waals surface area (Å²) in [5.74, 6) is -1.57. The minimum absolute atomic E-state index is 0.0713. The quantitative estimate of drug-likeness (QED) is 0.539. The predicted molar refractivity (Wildman–Crippen MR) is 107 cm³/mol. The summed E-state index contributed by atoms with van der Waals surface area (Å²) in [7, 11) is -2.65. The normalized spacial score (nSPS) is 20.1. The molecule has 0 aromatic heterocycles. The van der Waals surface area contributed by atoms with Gasteiger partial charge in [0.2, 0.25) is 10.0 Å². The molecular weight excluding hydrogens is 414 g/mol. The van der Waals surface area contributed by atoms with Crippen molar-refractivity contribution in [2.24, 2.45) is 11.7 Å². The smallest absolute Gasteiger partial charge is 0.338 e. The van der Waals surface area contributed by atoms with Gasteiger partial charge in [0.25, 0.3) is 5.91 Å². The van der Waals surface area contributed by atoms with Gasteiger partial charge in [-0.2, -0.15) is 0 Å². The Morgan fingerprint density at radius 2 is 1.87 bits per heavy atom. The van der Waals surface area contributed by atoms with Crippen molar-refractivity contribution in [2.75, 3.05) is 7.11 Å². The Kier molecular flexibility index (Phi) is 7.79. The Hall–Kier alpha value is -2.66. The number of nitrogens with two attached hydrogens (primary N) is 1. The van der Waals surface area contributed by atoms with Crippen LogP contribution in [-0.4, -0.2) is 45.6 Å². The Bertz CT molecular complexity index is 917. The summed E-state index contributed by atoms with van der Waals surface area (Å²) in [4.78, 5) is 34.6. The maximum Gasteiger partial charge on any atom is 0.338 e. The van der Waals surface area contributed by atoms with Crippen LogP contribution in [-0.2, 0) is 19.6 Å². The Morgan fingerprint density at radius 3 is 2.47 bits per heavy atom. The molecule has 0 saturated heterocycles. The van der Waals surface area contributed by atoms with Crippen molar-refractivity contribution in [1.29, 1.82) is 0 Å². The van der Waals surface area contributed by atoms with Crippen LogP contribution in [0, 0.1) is 5.92 Å². The first-order valence-corrected chi connectivity index (χ1v) is 11.0. The summed E-state index contributed by atoms with van der Waals surface area (Å²) < 4.78 is 38.8. The average Bonchev–Trinajstić information content (AvgIpc) is 2.68. The molecule has 2 rings (SSSR count). The molecule has 30 heavy (non-hydrogen) atoms. The number of benzene rings is 1. The lowest BCUT2D eigenvalue weighted by Gasteiger charge is -2.29. The maximum atomic E-state index is 13.0. The van der Waals surface area contributed by atoms with Crippen molar-refractivity contribution in [3.8, 4) is 5.75 Å².